The molecule has 2 aromatic rings. The number of carboxylic acid groups (broad SMARTS) is 1. The summed E-state index contributed by atoms with van der Waals surface area (Å²) in [6, 6.07) is 7.15. The first-order chi connectivity index (χ1) is 12.9. The maximum absolute atomic E-state index is 12.6. The Morgan fingerprint density at radius 1 is 1.07 bits per heavy atom. The Hall–Kier alpha value is -2.93. The summed E-state index contributed by atoms with van der Waals surface area (Å²) < 4.78 is 16.0. The number of carbonyl (C=O) groups excluding carboxylic acids is 1. The Morgan fingerprint density at radius 2 is 1.74 bits per heavy atom. The summed E-state index contributed by atoms with van der Waals surface area (Å²) in [5.74, 6) is -0.608. The number of amides is 1. The van der Waals surface area contributed by atoms with Crippen LogP contribution < -0.4 is 19.5 Å². The van der Waals surface area contributed by atoms with E-state index in [9.17, 15) is 9.59 Å². The fourth-order valence-corrected chi connectivity index (χ4v) is 2.58. The molecule has 0 atom stereocenters. The van der Waals surface area contributed by atoms with Gasteiger partial charge in [-0.05, 0) is 36.8 Å². The van der Waals surface area contributed by atoms with Crippen LogP contribution in [0.2, 0.25) is 5.02 Å². The van der Waals surface area contributed by atoms with Gasteiger partial charge in [0.2, 0.25) is 0 Å². The Labute approximate surface area is 161 Å². The first-order valence-corrected chi connectivity index (χ1v) is 8.52. The standard InChI is InChI=1S/C19H20ClNO6/c1-4-7-27-17-13(20)8-12(10-16(17)26-3)18(22)21-14-6-5-11(19(23)24)9-15(14)25-2/h5-6,8-10H,4,7H2,1-3H3,(H,21,22)(H,23,24). The third-order valence-electron chi connectivity index (χ3n) is 3.64. The smallest absolute Gasteiger partial charge is 0.335 e. The van der Waals surface area contributed by atoms with Gasteiger partial charge in [-0.2, -0.15) is 0 Å². The molecule has 0 radical (unpaired) electrons. The molecule has 0 aliphatic heterocycles. The third kappa shape index (κ3) is 4.83. The van der Waals surface area contributed by atoms with Crippen LogP contribution in [0.15, 0.2) is 30.3 Å². The molecule has 2 N–H and O–H groups in total. The minimum atomic E-state index is -1.09. The van der Waals surface area contributed by atoms with Crippen LogP contribution in [0.5, 0.6) is 17.2 Å². The molecule has 0 aliphatic rings. The summed E-state index contributed by atoms with van der Waals surface area (Å²) in [7, 11) is 2.84. The third-order valence-corrected chi connectivity index (χ3v) is 3.92. The Kier molecular flexibility index (Phi) is 6.90. The highest BCUT2D eigenvalue weighted by Gasteiger charge is 2.18. The van der Waals surface area contributed by atoms with Gasteiger partial charge in [0, 0.05) is 5.56 Å². The number of ether oxygens (including phenoxy) is 3. The van der Waals surface area contributed by atoms with Crippen molar-refractivity contribution in [2.45, 2.75) is 13.3 Å². The van der Waals surface area contributed by atoms with Gasteiger partial charge in [0.15, 0.2) is 11.5 Å². The van der Waals surface area contributed by atoms with Gasteiger partial charge >= 0.3 is 5.97 Å². The van der Waals surface area contributed by atoms with E-state index < -0.39 is 11.9 Å². The van der Waals surface area contributed by atoms with E-state index in [1.54, 1.807) is 0 Å². The second kappa shape index (κ2) is 9.14. The maximum atomic E-state index is 12.6. The lowest BCUT2D eigenvalue weighted by Crippen LogP contribution is -2.13. The lowest BCUT2D eigenvalue weighted by Gasteiger charge is -2.15. The summed E-state index contributed by atoms with van der Waals surface area (Å²) in [4.78, 5) is 23.7. The van der Waals surface area contributed by atoms with Crippen molar-refractivity contribution >= 4 is 29.2 Å². The number of hydrogen-bond acceptors (Lipinski definition) is 5. The van der Waals surface area contributed by atoms with E-state index in [4.69, 9.17) is 30.9 Å². The van der Waals surface area contributed by atoms with Crippen molar-refractivity contribution in [3.63, 3.8) is 0 Å². The van der Waals surface area contributed by atoms with Crippen LogP contribution in [-0.2, 0) is 0 Å². The second-order valence-electron chi connectivity index (χ2n) is 5.51. The molecule has 2 rings (SSSR count). The van der Waals surface area contributed by atoms with E-state index >= 15 is 0 Å². The zero-order valence-electron chi connectivity index (χ0n) is 15.2. The zero-order valence-corrected chi connectivity index (χ0v) is 15.9. The summed E-state index contributed by atoms with van der Waals surface area (Å²) in [6.45, 7) is 2.43. The molecule has 0 heterocycles. The number of anilines is 1. The van der Waals surface area contributed by atoms with Crippen molar-refractivity contribution in [1.29, 1.82) is 0 Å². The van der Waals surface area contributed by atoms with Crippen molar-refractivity contribution < 1.29 is 28.9 Å². The second-order valence-corrected chi connectivity index (χ2v) is 5.92. The first kappa shape index (κ1) is 20.4. The van der Waals surface area contributed by atoms with Gasteiger partial charge < -0.3 is 24.6 Å². The van der Waals surface area contributed by atoms with E-state index in [0.717, 1.165) is 6.42 Å². The summed E-state index contributed by atoms with van der Waals surface area (Å²) in [5, 5.41) is 12.0. The van der Waals surface area contributed by atoms with Gasteiger partial charge in [0.05, 0.1) is 37.1 Å². The quantitative estimate of drug-likeness (QED) is 0.701. The first-order valence-electron chi connectivity index (χ1n) is 8.14. The molecule has 0 fully saturated rings. The Balaban J connectivity index is 2.30. The molecule has 27 heavy (non-hydrogen) atoms. The molecular weight excluding hydrogens is 374 g/mol. The molecule has 0 spiro atoms. The van der Waals surface area contributed by atoms with Gasteiger partial charge in [0.1, 0.15) is 5.75 Å². The number of carbonyl (C=O) groups is 2. The molecule has 0 aromatic heterocycles. The van der Waals surface area contributed by atoms with Gasteiger partial charge in [-0.25, -0.2) is 4.79 Å². The normalized spacial score (nSPS) is 10.2. The molecule has 0 unspecified atom stereocenters. The minimum absolute atomic E-state index is 0.0481. The van der Waals surface area contributed by atoms with Crippen molar-refractivity contribution in [2.75, 3.05) is 26.1 Å². The number of rotatable bonds is 8. The van der Waals surface area contributed by atoms with Crippen molar-refractivity contribution in [2.24, 2.45) is 0 Å². The molecular formula is C19H20ClNO6. The maximum Gasteiger partial charge on any atom is 0.335 e. The molecule has 1 amide bonds. The average Bonchev–Trinajstić information content (AvgIpc) is 2.66. The summed E-state index contributed by atoms with van der Waals surface area (Å²) in [6.07, 6.45) is 0.799. The van der Waals surface area contributed by atoms with E-state index in [2.05, 4.69) is 5.32 Å². The molecule has 0 saturated carbocycles. The van der Waals surface area contributed by atoms with Gasteiger partial charge in [-0.1, -0.05) is 18.5 Å². The van der Waals surface area contributed by atoms with Crippen molar-refractivity contribution in [3.05, 3.63) is 46.5 Å². The van der Waals surface area contributed by atoms with E-state index in [-0.39, 0.29) is 21.9 Å². The minimum Gasteiger partial charge on any atom is -0.495 e. The van der Waals surface area contributed by atoms with Gasteiger partial charge in [-0.15, -0.1) is 0 Å². The van der Waals surface area contributed by atoms with Crippen LogP contribution in [0.3, 0.4) is 0 Å². The molecule has 8 heteroatoms. The average molecular weight is 394 g/mol. The summed E-state index contributed by atoms with van der Waals surface area (Å²) in [5.41, 5.74) is 0.631. The Bertz CT molecular complexity index is 852. The zero-order chi connectivity index (χ0) is 20.0. The summed E-state index contributed by atoms with van der Waals surface area (Å²) >= 11 is 6.24. The molecule has 0 aliphatic carbocycles. The Morgan fingerprint density at radius 3 is 2.33 bits per heavy atom. The SMILES string of the molecule is CCCOc1c(Cl)cc(C(=O)Nc2ccc(C(=O)O)cc2OC)cc1OC. The number of nitrogens with one attached hydrogen (secondary N) is 1. The fourth-order valence-electron chi connectivity index (χ4n) is 2.32. The highest BCUT2D eigenvalue weighted by Crippen LogP contribution is 2.37. The van der Waals surface area contributed by atoms with Crippen LogP contribution in [0.4, 0.5) is 5.69 Å². The topological polar surface area (TPSA) is 94.1 Å². The highest BCUT2D eigenvalue weighted by atomic mass is 35.5. The molecule has 0 bridgehead atoms. The fraction of sp³-hybridized carbons (Fsp3) is 0.263. The highest BCUT2D eigenvalue weighted by molar-refractivity contribution is 6.32. The van der Waals surface area contributed by atoms with Crippen molar-refractivity contribution in [1.82, 2.24) is 0 Å². The lowest BCUT2D eigenvalue weighted by molar-refractivity contribution is 0.0696. The molecule has 2 aromatic carbocycles. The monoisotopic (exact) mass is 393 g/mol. The predicted octanol–water partition coefficient (Wildman–Crippen LogP) is 4.10. The van der Waals surface area contributed by atoms with Crippen LogP contribution in [-0.4, -0.2) is 37.8 Å². The number of halogens is 1. The van der Waals surface area contributed by atoms with E-state index in [1.165, 1.54) is 44.6 Å². The number of benzene rings is 2. The van der Waals surface area contributed by atoms with E-state index in [1.807, 2.05) is 6.92 Å². The van der Waals surface area contributed by atoms with E-state index in [0.29, 0.717) is 23.8 Å². The molecule has 144 valence electrons. The lowest BCUT2D eigenvalue weighted by atomic mass is 10.1. The number of carboxylic acids is 1. The van der Waals surface area contributed by atoms with Gasteiger partial charge in [0.25, 0.3) is 5.91 Å². The van der Waals surface area contributed by atoms with Crippen LogP contribution in [0, 0.1) is 0 Å². The number of hydrogen-bond donors (Lipinski definition) is 2. The van der Waals surface area contributed by atoms with Gasteiger partial charge in [-0.3, -0.25) is 4.79 Å². The van der Waals surface area contributed by atoms with Crippen LogP contribution in [0.25, 0.3) is 0 Å². The molecule has 0 saturated heterocycles. The van der Waals surface area contributed by atoms with Crippen LogP contribution >= 0.6 is 11.6 Å². The number of methoxy groups -OCH3 is 2. The van der Waals surface area contributed by atoms with Crippen LogP contribution in [0.1, 0.15) is 34.1 Å². The molecule has 7 nitrogen and oxygen atoms in total. The predicted molar refractivity (Wildman–Crippen MR) is 102 cm³/mol. The largest absolute Gasteiger partial charge is 0.495 e. The van der Waals surface area contributed by atoms with Crippen molar-refractivity contribution in [3.8, 4) is 17.2 Å². The number of aromatic carboxylic acids is 1.